The Morgan fingerprint density at radius 1 is 1.33 bits per heavy atom. The third-order valence-electron chi connectivity index (χ3n) is 1.97. The van der Waals surface area contributed by atoms with Crippen LogP contribution in [-0.4, -0.2) is 23.4 Å². The van der Waals surface area contributed by atoms with Crippen LogP contribution in [-0.2, 0) is 9.47 Å². The van der Waals surface area contributed by atoms with Crippen LogP contribution in [0.25, 0.3) is 0 Å². The zero-order valence-corrected chi connectivity index (χ0v) is 7.21. The first-order valence-electron chi connectivity index (χ1n) is 3.25. The smallest absolute Gasteiger partial charge is 0.161 e. The lowest BCUT2D eigenvalue weighted by Gasteiger charge is -2.06. The monoisotopic (exact) mass is 240 g/mol. The first kappa shape index (κ1) is 6.37. The van der Waals surface area contributed by atoms with E-state index < -0.39 is 0 Å². The van der Waals surface area contributed by atoms with Crippen molar-refractivity contribution in [2.45, 2.75) is 16.6 Å². The van der Waals surface area contributed by atoms with Crippen molar-refractivity contribution in [3.63, 3.8) is 0 Å². The molecule has 2 nitrogen and oxygen atoms in total. The van der Waals surface area contributed by atoms with Crippen LogP contribution in [0.15, 0.2) is 0 Å². The lowest BCUT2D eigenvalue weighted by molar-refractivity contribution is -0.0904. The Morgan fingerprint density at radius 2 is 2.22 bits per heavy atom. The number of fused-ring (bicyclic) bond motifs is 1. The zero-order chi connectivity index (χ0) is 6.27. The molecule has 3 atom stereocenters. The SMILES string of the molecule is I[C@@H]1CO[C@H]2OCC[C@H]21. The third-order valence-corrected chi connectivity index (χ3v) is 3.25. The summed E-state index contributed by atoms with van der Waals surface area (Å²) >= 11 is 2.44. The highest BCUT2D eigenvalue weighted by atomic mass is 127. The lowest BCUT2D eigenvalue weighted by Crippen LogP contribution is -2.13. The van der Waals surface area contributed by atoms with Gasteiger partial charge in [-0.2, -0.15) is 0 Å². The van der Waals surface area contributed by atoms with Crippen molar-refractivity contribution < 1.29 is 9.47 Å². The molecule has 2 heterocycles. The molecule has 2 rings (SSSR count). The molecule has 0 unspecified atom stereocenters. The zero-order valence-electron chi connectivity index (χ0n) is 5.05. The summed E-state index contributed by atoms with van der Waals surface area (Å²) < 4.78 is 11.4. The van der Waals surface area contributed by atoms with Crippen LogP contribution in [0.5, 0.6) is 0 Å². The highest BCUT2D eigenvalue weighted by Gasteiger charge is 2.39. The van der Waals surface area contributed by atoms with Gasteiger partial charge in [0, 0.05) is 9.84 Å². The molecule has 0 bridgehead atoms. The van der Waals surface area contributed by atoms with Crippen LogP contribution in [0.3, 0.4) is 0 Å². The first-order chi connectivity index (χ1) is 4.38. The maximum atomic E-state index is 5.36. The molecule has 0 radical (unpaired) electrons. The largest absolute Gasteiger partial charge is 0.352 e. The van der Waals surface area contributed by atoms with Gasteiger partial charge < -0.3 is 9.47 Å². The lowest BCUT2D eigenvalue weighted by atomic mass is 10.1. The molecule has 52 valence electrons. The molecule has 2 fully saturated rings. The molecule has 0 saturated carbocycles. The fourth-order valence-corrected chi connectivity index (χ4v) is 2.32. The summed E-state index contributed by atoms with van der Waals surface area (Å²) in [5.74, 6) is 0.686. The summed E-state index contributed by atoms with van der Waals surface area (Å²) in [6.45, 7) is 1.78. The van der Waals surface area contributed by atoms with E-state index in [1.54, 1.807) is 0 Å². The average Bonchev–Trinajstić information content (AvgIpc) is 2.35. The van der Waals surface area contributed by atoms with Crippen molar-refractivity contribution in [3.05, 3.63) is 0 Å². The summed E-state index contributed by atoms with van der Waals surface area (Å²) in [5, 5.41) is 0. The van der Waals surface area contributed by atoms with Gasteiger partial charge in [-0.3, -0.25) is 0 Å². The Hall–Kier alpha value is 0.650. The van der Waals surface area contributed by atoms with Gasteiger partial charge in [0.05, 0.1) is 13.2 Å². The van der Waals surface area contributed by atoms with Crippen LogP contribution in [0, 0.1) is 5.92 Å². The van der Waals surface area contributed by atoms with Gasteiger partial charge in [0.15, 0.2) is 6.29 Å². The second kappa shape index (κ2) is 2.36. The van der Waals surface area contributed by atoms with Gasteiger partial charge in [0.1, 0.15) is 0 Å². The summed E-state index contributed by atoms with van der Waals surface area (Å²) in [7, 11) is 0. The number of halogens is 1. The van der Waals surface area contributed by atoms with E-state index in [9.17, 15) is 0 Å². The van der Waals surface area contributed by atoms with E-state index in [1.165, 1.54) is 6.42 Å². The molecule has 0 spiro atoms. The van der Waals surface area contributed by atoms with E-state index in [0.29, 0.717) is 9.84 Å². The number of ether oxygens (including phenoxy) is 2. The average molecular weight is 240 g/mol. The van der Waals surface area contributed by atoms with Gasteiger partial charge in [-0.05, 0) is 6.42 Å². The van der Waals surface area contributed by atoms with E-state index in [2.05, 4.69) is 22.6 Å². The molecule has 2 aliphatic heterocycles. The predicted molar refractivity (Wildman–Crippen MR) is 41.6 cm³/mol. The van der Waals surface area contributed by atoms with Crippen molar-refractivity contribution in [1.82, 2.24) is 0 Å². The van der Waals surface area contributed by atoms with Gasteiger partial charge in [0.2, 0.25) is 0 Å². The highest BCUT2D eigenvalue weighted by molar-refractivity contribution is 14.1. The van der Waals surface area contributed by atoms with E-state index >= 15 is 0 Å². The quantitative estimate of drug-likeness (QED) is 0.467. The van der Waals surface area contributed by atoms with Crippen molar-refractivity contribution in [3.8, 4) is 0 Å². The highest BCUT2D eigenvalue weighted by Crippen LogP contribution is 2.35. The van der Waals surface area contributed by atoms with Crippen molar-refractivity contribution in [2.24, 2.45) is 5.92 Å². The minimum absolute atomic E-state index is 0.145. The molecule has 0 aromatic heterocycles. The Bertz CT molecular complexity index is 118. The minimum Gasteiger partial charge on any atom is -0.352 e. The summed E-state index contributed by atoms with van der Waals surface area (Å²) in [6.07, 6.45) is 1.34. The van der Waals surface area contributed by atoms with Gasteiger partial charge in [0.25, 0.3) is 0 Å². The Kier molecular flexibility index (Phi) is 1.67. The van der Waals surface area contributed by atoms with E-state index in [0.717, 1.165) is 13.2 Å². The maximum Gasteiger partial charge on any atom is 0.161 e. The normalized spacial score (nSPS) is 49.7. The molecule has 0 aromatic rings. The van der Waals surface area contributed by atoms with Crippen molar-refractivity contribution >= 4 is 22.6 Å². The van der Waals surface area contributed by atoms with Crippen LogP contribution >= 0.6 is 22.6 Å². The van der Waals surface area contributed by atoms with E-state index in [-0.39, 0.29) is 6.29 Å². The summed E-state index contributed by atoms with van der Waals surface area (Å²) in [6, 6.07) is 0. The van der Waals surface area contributed by atoms with E-state index in [1.807, 2.05) is 0 Å². The molecule has 0 aromatic carbocycles. The number of hydrogen-bond donors (Lipinski definition) is 0. The minimum atomic E-state index is 0.145. The standard InChI is InChI=1S/C6H9IO2/c7-5-3-9-6-4(5)1-2-8-6/h4-6H,1-3H2/t4-,5+,6+/m0/s1. The molecular weight excluding hydrogens is 231 g/mol. The Labute approximate surface area is 68.0 Å². The number of rotatable bonds is 0. The summed E-state index contributed by atoms with van der Waals surface area (Å²) in [5.41, 5.74) is 0. The van der Waals surface area contributed by atoms with Crippen LogP contribution < -0.4 is 0 Å². The molecule has 3 heteroatoms. The Balaban J connectivity index is 2.07. The van der Waals surface area contributed by atoms with Gasteiger partial charge in [-0.25, -0.2) is 0 Å². The molecular formula is C6H9IO2. The van der Waals surface area contributed by atoms with Crippen LogP contribution in [0.4, 0.5) is 0 Å². The molecule has 0 N–H and O–H groups in total. The van der Waals surface area contributed by atoms with Crippen molar-refractivity contribution in [2.75, 3.05) is 13.2 Å². The topological polar surface area (TPSA) is 18.5 Å². The van der Waals surface area contributed by atoms with Crippen LogP contribution in [0.1, 0.15) is 6.42 Å². The third kappa shape index (κ3) is 0.991. The molecule has 2 saturated heterocycles. The molecule has 9 heavy (non-hydrogen) atoms. The fourth-order valence-electron chi connectivity index (χ4n) is 1.41. The van der Waals surface area contributed by atoms with Crippen molar-refractivity contribution in [1.29, 1.82) is 0 Å². The molecule has 0 amide bonds. The first-order valence-corrected chi connectivity index (χ1v) is 4.50. The second-order valence-corrected chi connectivity index (χ2v) is 4.14. The summed E-state index contributed by atoms with van der Waals surface area (Å²) in [4.78, 5) is 0. The maximum absolute atomic E-state index is 5.36. The number of alkyl halides is 1. The molecule has 2 aliphatic rings. The Morgan fingerprint density at radius 3 is 3.00 bits per heavy atom. The van der Waals surface area contributed by atoms with Gasteiger partial charge in [-0.15, -0.1) is 0 Å². The van der Waals surface area contributed by atoms with Gasteiger partial charge >= 0.3 is 0 Å². The fraction of sp³-hybridized carbons (Fsp3) is 1.00. The van der Waals surface area contributed by atoms with E-state index in [4.69, 9.17) is 9.47 Å². The number of hydrogen-bond acceptors (Lipinski definition) is 2. The second-order valence-electron chi connectivity index (χ2n) is 2.54. The molecule has 0 aliphatic carbocycles. The van der Waals surface area contributed by atoms with Gasteiger partial charge in [-0.1, -0.05) is 22.6 Å². The van der Waals surface area contributed by atoms with Crippen LogP contribution in [0.2, 0.25) is 0 Å². The predicted octanol–water partition coefficient (Wildman–Crippen LogP) is 1.18.